The summed E-state index contributed by atoms with van der Waals surface area (Å²) in [6.45, 7) is 0.187. The molecule has 0 radical (unpaired) electrons. The van der Waals surface area contributed by atoms with Gasteiger partial charge in [0.15, 0.2) is 6.61 Å². The van der Waals surface area contributed by atoms with E-state index in [1.807, 2.05) is 36.4 Å². The Hall–Kier alpha value is -2.68. The van der Waals surface area contributed by atoms with Crippen molar-refractivity contribution in [3.8, 4) is 5.75 Å². The highest BCUT2D eigenvalue weighted by Gasteiger charge is 2.27. The van der Waals surface area contributed by atoms with Crippen LogP contribution >= 0.6 is 24.0 Å². The summed E-state index contributed by atoms with van der Waals surface area (Å²) in [5.74, 6) is 0.204. The minimum absolute atomic E-state index is 0.0404. The molecule has 0 unspecified atom stereocenters. The molecule has 0 aliphatic carbocycles. The first-order chi connectivity index (χ1) is 13.5. The van der Waals surface area contributed by atoms with Crippen molar-refractivity contribution in [1.29, 1.82) is 0 Å². The Kier molecular flexibility index (Phi) is 5.17. The Morgan fingerprint density at radius 1 is 1.21 bits per heavy atom. The standard InChI is InChI=1S/C20H16N2O4S2/c23-10-14-4-2-1-3-13(14)9-22-15-7-12(5-6-16(15)26-11-18(22)24)8-17-19(25)21-20(27)28-17/h1-8,23H,9-11H2,(H,21,25,27)/b17-8+. The summed E-state index contributed by atoms with van der Waals surface area (Å²) >= 11 is 6.22. The first-order valence-corrected chi connectivity index (χ1v) is 9.77. The van der Waals surface area contributed by atoms with E-state index in [4.69, 9.17) is 17.0 Å². The molecule has 2 aromatic carbocycles. The third-order valence-electron chi connectivity index (χ3n) is 4.48. The number of ether oxygens (including phenoxy) is 1. The van der Waals surface area contributed by atoms with Gasteiger partial charge in [0, 0.05) is 0 Å². The van der Waals surface area contributed by atoms with Crippen LogP contribution in [0.4, 0.5) is 5.69 Å². The number of anilines is 1. The van der Waals surface area contributed by atoms with Crippen LogP contribution in [0.5, 0.6) is 5.75 Å². The summed E-state index contributed by atoms with van der Waals surface area (Å²) < 4.78 is 5.98. The number of fused-ring (bicyclic) bond motifs is 1. The molecule has 8 heteroatoms. The molecule has 0 spiro atoms. The molecule has 28 heavy (non-hydrogen) atoms. The lowest BCUT2D eigenvalue weighted by Gasteiger charge is -2.30. The predicted molar refractivity (Wildman–Crippen MR) is 112 cm³/mol. The molecule has 142 valence electrons. The Labute approximate surface area is 171 Å². The molecule has 0 saturated carbocycles. The lowest BCUT2D eigenvalue weighted by atomic mass is 10.1. The minimum Gasteiger partial charge on any atom is -0.482 e. The molecule has 0 aromatic heterocycles. The van der Waals surface area contributed by atoms with Crippen molar-refractivity contribution in [2.24, 2.45) is 0 Å². The van der Waals surface area contributed by atoms with Crippen LogP contribution in [0.1, 0.15) is 16.7 Å². The smallest absolute Gasteiger partial charge is 0.265 e. The van der Waals surface area contributed by atoms with Crippen LogP contribution in [0.15, 0.2) is 47.4 Å². The second-order valence-electron chi connectivity index (χ2n) is 6.27. The minimum atomic E-state index is -0.228. The van der Waals surface area contributed by atoms with E-state index in [2.05, 4.69) is 5.32 Å². The van der Waals surface area contributed by atoms with Gasteiger partial charge in [-0.15, -0.1) is 0 Å². The van der Waals surface area contributed by atoms with Crippen LogP contribution in [-0.4, -0.2) is 27.8 Å². The van der Waals surface area contributed by atoms with Gasteiger partial charge in [0.05, 0.1) is 23.7 Å². The molecule has 0 bridgehead atoms. The number of carbonyl (C=O) groups excluding carboxylic acids is 2. The van der Waals surface area contributed by atoms with Gasteiger partial charge in [-0.1, -0.05) is 54.3 Å². The molecule has 2 heterocycles. The number of aliphatic hydroxyl groups is 1. The fraction of sp³-hybridized carbons (Fsp3) is 0.150. The van der Waals surface area contributed by atoms with Crippen LogP contribution in [0.25, 0.3) is 6.08 Å². The summed E-state index contributed by atoms with van der Waals surface area (Å²) in [5, 5.41) is 12.2. The van der Waals surface area contributed by atoms with Crippen molar-refractivity contribution >= 4 is 51.9 Å². The third-order valence-corrected chi connectivity index (χ3v) is 5.65. The van der Waals surface area contributed by atoms with Gasteiger partial charge in [-0.05, 0) is 34.9 Å². The number of thiocarbonyl (C=S) groups is 1. The monoisotopic (exact) mass is 412 g/mol. The Bertz CT molecular complexity index is 1020. The molecule has 4 rings (SSSR count). The molecule has 2 aliphatic rings. The summed E-state index contributed by atoms with van der Waals surface area (Å²) in [6.07, 6.45) is 1.73. The average molecular weight is 412 g/mol. The number of amides is 2. The zero-order valence-electron chi connectivity index (χ0n) is 14.7. The summed E-state index contributed by atoms with van der Waals surface area (Å²) in [4.78, 5) is 26.6. The number of aliphatic hydroxyl groups excluding tert-OH is 1. The topological polar surface area (TPSA) is 78.9 Å². The van der Waals surface area contributed by atoms with Gasteiger partial charge < -0.3 is 20.1 Å². The van der Waals surface area contributed by atoms with Gasteiger partial charge in [-0.25, -0.2) is 0 Å². The van der Waals surface area contributed by atoms with Crippen molar-refractivity contribution in [1.82, 2.24) is 5.32 Å². The zero-order valence-corrected chi connectivity index (χ0v) is 16.3. The highest BCUT2D eigenvalue weighted by molar-refractivity contribution is 8.26. The van der Waals surface area contributed by atoms with E-state index in [1.165, 1.54) is 11.8 Å². The number of hydrogen-bond acceptors (Lipinski definition) is 6. The van der Waals surface area contributed by atoms with Gasteiger partial charge >= 0.3 is 0 Å². The van der Waals surface area contributed by atoms with E-state index in [0.717, 1.165) is 16.7 Å². The number of carbonyl (C=O) groups is 2. The second kappa shape index (κ2) is 7.75. The first-order valence-electron chi connectivity index (χ1n) is 8.55. The molecule has 2 N–H and O–H groups in total. The lowest BCUT2D eigenvalue weighted by molar-refractivity contribution is -0.121. The number of benzene rings is 2. The Morgan fingerprint density at radius 3 is 2.71 bits per heavy atom. The average Bonchev–Trinajstić information content (AvgIpc) is 3.01. The number of thioether (sulfide) groups is 1. The molecular weight excluding hydrogens is 396 g/mol. The van der Waals surface area contributed by atoms with Gasteiger partial charge in [0.1, 0.15) is 10.1 Å². The summed E-state index contributed by atoms with van der Waals surface area (Å²) in [5.41, 5.74) is 3.03. The van der Waals surface area contributed by atoms with Gasteiger partial charge in [-0.3, -0.25) is 9.59 Å². The number of rotatable bonds is 4. The third kappa shape index (κ3) is 3.66. The van der Waals surface area contributed by atoms with Crippen molar-refractivity contribution < 1.29 is 19.4 Å². The molecular formula is C20H16N2O4S2. The molecule has 6 nitrogen and oxygen atoms in total. The lowest BCUT2D eigenvalue weighted by Crippen LogP contribution is -2.38. The van der Waals surface area contributed by atoms with Gasteiger partial charge in [-0.2, -0.15) is 0 Å². The second-order valence-corrected chi connectivity index (χ2v) is 7.99. The highest BCUT2D eigenvalue weighted by Crippen LogP contribution is 2.36. The Balaban J connectivity index is 1.69. The number of hydrogen-bond donors (Lipinski definition) is 2. The van der Waals surface area contributed by atoms with Crippen LogP contribution in [0, 0.1) is 0 Å². The number of nitrogens with one attached hydrogen (secondary N) is 1. The van der Waals surface area contributed by atoms with Crippen LogP contribution in [-0.2, 0) is 22.7 Å². The van der Waals surface area contributed by atoms with E-state index in [9.17, 15) is 14.7 Å². The molecule has 0 atom stereocenters. The maximum Gasteiger partial charge on any atom is 0.265 e. The van der Waals surface area contributed by atoms with Crippen molar-refractivity contribution in [3.05, 3.63) is 64.1 Å². The van der Waals surface area contributed by atoms with E-state index in [1.54, 1.807) is 17.0 Å². The van der Waals surface area contributed by atoms with E-state index >= 15 is 0 Å². The molecule has 2 amide bonds. The fourth-order valence-electron chi connectivity index (χ4n) is 3.09. The Morgan fingerprint density at radius 2 is 2.00 bits per heavy atom. The molecule has 2 aliphatic heterocycles. The van der Waals surface area contributed by atoms with Crippen LogP contribution in [0.2, 0.25) is 0 Å². The largest absolute Gasteiger partial charge is 0.482 e. The first kappa shape index (κ1) is 18.7. The molecule has 1 fully saturated rings. The maximum absolute atomic E-state index is 12.5. The van der Waals surface area contributed by atoms with Crippen molar-refractivity contribution in [3.63, 3.8) is 0 Å². The van der Waals surface area contributed by atoms with E-state index in [-0.39, 0.29) is 25.0 Å². The molecule has 1 saturated heterocycles. The maximum atomic E-state index is 12.5. The van der Waals surface area contributed by atoms with Crippen molar-refractivity contribution in [2.45, 2.75) is 13.2 Å². The predicted octanol–water partition coefficient (Wildman–Crippen LogP) is 2.59. The fourth-order valence-corrected chi connectivity index (χ4v) is 4.14. The van der Waals surface area contributed by atoms with Crippen molar-refractivity contribution in [2.75, 3.05) is 11.5 Å². The van der Waals surface area contributed by atoms with Crippen LogP contribution in [0.3, 0.4) is 0 Å². The van der Waals surface area contributed by atoms with E-state index < -0.39 is 0 Å². The highest BCUT2D eigenvalue weighted by atomic mass is 32.2. The van der Waals surface area contributed by atoms with Gasteiger partial charge in [0.2, 0.25) is 0 Å². The van der Waals surface area contributed by atoms with E-state index in [0.29, 0.717) is 27.2 Å². The zero-order chi connectivity index (χ0) is 19.7. The molecule has 2 aromatic rings. The quantitative estimate of drug-likeness (QED) is 0.594. The SMILES string of the molecule is O=C1NC(=S)S/C1=C/c1ccc2c(c1)N(Cc1ccccc1CO)C(=O)CO2. The van der Waals surface area contributed by atoms with Crippen LogP contribution < -0.4 is 15.0 Å². The number of nitrogens with zero attached hydrogens (tertiary/aromatic N) is 1. The summed E-state index contributed by atoms with van der Waals surface area (Å²) in [6, 6.07) is 12.9. The summed E-state index contributed by atoms with van der Waals surface area (Å²) in [7, 11) is 0. The normalized spacial score (nSPS) is 17.5. The van der Waals surface area contributed by atoms with Gasteiger partial charge in [0.25, 0.3) is 11.8 Å².